The topological polar surface area (TPSA) is 85.4 Å². The lowest BCUT2D eigenvalue weighted by atomic mass is 10.1. The van der Waals surface area contributed by atoms with Crippen LogP contribution in [0, 0.1) is 13.8 Å². The second kappa shape index (κ2) is 8.08. The third kappa shape index (κ3) is 3.88. The number of hydrogen-bond acceptors (Lipinski definition) is 6. The SMILES string of the molecule is Cc1noc(C)c1COc1cccc(C(=O)N2CCNCC2c2nccn2C)c1. The Kier molecular flexibility index (Phi) is 5.35. The Morgan fingerprint density at radius 2 is 2.24 bits per heavy atom. The predicted molar refractivity (Wildman–Crippen MR) is 107 cm³/mol. The molecule has 3 aromatic rings. The van der Waals surface area contributed by atoms with Gasteiger partial charge < -0.3 is 24.0 Å². The fourth-order valence-corrected chi connectivity index (χ4v) is 3.62. The van der Waals surface area contributed by atoms with Crippen molar-refractivity contribution in [1.29, 1.82) is 0 Å². The highest BCUT2D eigenvalue weighted by molar-refractivity contribution is 5.95. The van der Waals surface area contributed by atoms with Crippen LogP contribution in [0.5, 0.6) is 5.75 Å². The van der Waals surface area contributed by atoms with Crippen molar-refractivity contribution in [3.05, 3.63) is 65.1 Å². The molecule has 29 heavy (non-hydrogen) atoms. The molecule has 1 amide bonds. The molecule has 1 N–H and O–H groups in total. The van der Waals surface area contributed by atoms with E-state index in [0.29, 0.717) is 31.0 Å². The first-order chi connectivity index (χ1) is 14.0. The highest BCUT2D eigenvalue weighted by Gasteiger charge is 2.31. The molecule has 8 nitrogen and oxygen atoms in total. The van der Waals surface area contributed by atoms with Crippen molar-refractivity contribution in [2.75, 3.05) is 19.6 Å². The van der Waals surface area contributed by atoms with E-state index in [0.717, 1.165) is 29.4 Å². The van der Waals surface area contributed by atoms with Crippen molar-refractivity contribution in [1.82, 2.24) is 24.9 Å². The molecular weight excluding hydrogens is 370 g/mol. The monoisotopic (exact) mass is 395 g/mol. The summed E-state index contributed by atoms with van der Waals surface area (Å²) in [6.45, 7) is 6.16. The average molecular weight is 395 g/mol. The first kappa shape index (κ1) is 19.2. The summed E-state index contributed by atoms with van der Waals surface area (Å²) in [5.74, 6) is 2.23. The second-order valence-corrected chi connectivity index (χ2v) is 7.23. The van der Waals surface area contributed by atoms with Gasteiger partial charge in [0.1, 0.15) is 30.0 Å². The quantitative estimate of drug-likeness (QED) is 0.714. The van der Waals surface area contributed by atoms with Crippen LogP contribution in [0.3, 0.4) is 0 Å². The van der Waals surface area contributed by atoms with Crippen LogP contribution in [0.4, 0.5) is 0 Å². The number of nitrogens with zero attached hydrogens (tertiary/aromatic N) is 4. The maximum absolute atomic E-state index is 13.3. The lowest BCUT2D eigenvalue weighted by Crippen LogP contribution is -2.49. The molecule has 2 aromatic heterocycles. The van der Waals surface area contributed by atoms with Gasteiger partial charge in [0.05, 0.1) is 11.3 Å². The summed E-state index contributed by atoms with van der Waals surface area (Å²) < 4.78 is 13.0. The lowest BCUT2D eigenvalue weighted by molar-refractivity contribution is 0.0620. The molecule has 4 rings (SSSR count). The molecule has 1 aromatic carbocycles. The van der Waals surface area contributed by atoms with E-state index in [4.69, 9.17) is 9.26 Å². The van der Waals surface area contributed by atoms with Crippen LogP contribution < -0.4 is 10.1 Å². The molecule has 3 heterocycles. The first-order valence-corrected chi connectivity index (χ1v) is 9.68. The highest BCUT2D eigenvalue weighted by atomic mass is 16.5. The summed E-state index contributed by atoms with van der Waals surface area (Å²) in [7, 11) is 1.95. The van der Waals surface area contributed by atoms with E-state index in [1.54, 1.807) is 12.3 Å². The van der Waals surface area contributed by atoms with Gasteiger partial charge >= 0.3 is 0 Å². The molecule has 1 atom stereocenters. The number of piperazine rings is 1. The number of nitrogens with one attached hydrogen (secondary N) is 1. The van der Waals surface area contributed by atoms with E-state index >= 15 is 0 Å². The largest absolute Gasteiger partial charge is 0.489 e. The van der Waals surface area contributed by atoms with Gasteiger partial charge in [0.25, 0.3) is 5.91 Å². The summed E-state index contributed by atoms with van der Waals surface area (Å²) in [6, 6.07) is 7.19. The van der Waals surface area contributed by atoms with Crippen LogP contribution >= 0.6 is 0 Å². The zero-order valence-corrected chi connectivity index (χ0v) is 16.9. The van der Waals surface area contributed by atoms with Gasteiger partial charge in [0, 0.05) is 44.6 Å². The second-order valence-electron chi connectivity index (χ2n) is 7.23. The fraction of sp³-hybridized carbons (Fsp3) is 0.381. The van der Waals surface area contributed by atoms with E-state index in [1.807, 2.05) is 54.8 Å². The van der Waals surface area contributed by atoms with Crippen molar-refractivity contribution < 1.29 is 14.1 Å². The molecule has 0 radical (unpaired) electrons. The summed E-state index contributed by atoms with van der Waals surface area (Å²) >= 11 is 0. The summed E-state index contributed by atoms with van der Waals surface area (Å²) in [6.07, 6.45) is 3.66. The number of amides is 1. The minimum absolute atomic E-state index is 0.0257. The number of imidazole rings is 1. The number of aryl methyl sites for hydroxylation is 3. The lowest BCUT2D eigenvalue weighted by Gasteiger charge is -2.35. The minimum atomic E-state index is -0.108. The summed E-state index contributed by atoms with van der Waals surface area (Å²) in [5, 5.41) is 7.30. The van der Waals surface area contributed by atoms with Crippen LogP contribution in [0.1, 0.15) is 39.2 Å². The normalized spacial score (nSPS) is 16.8. The third-order valence-electron chi connectivity index (χ3n) is 5.31. The minimum Gasteiger partial charge on any atom is -0.489 e. The Morgan fingerprint density at radius 1 is 1.38 bits per heavy atom. The number of ether oxygens (including phenoxy) is 1. The number of aromatic nitrogens is 3. The first-order valence-electron chi connectivity index (χ1n) is 9.68. The predicted octanol–water partition coefficient (Wildman–Crippen LogP) is 2.39. The summed E-state index contributed by atoms with van der Waals surface area (Å²) in [4.78, 5) is 19.6. The van der Waals surface area contributed by atoms with E-state index < -0.39 is 0 Å². The molecular formula is C21H25N5O3. The van der Waals surface area contributed by atoms with Crippen LogP contribution in [-0.2, 0) is 13.7 Å². The highest BCUT2D eigenvalue weighted by Crippen LogP contribution is 2.25. The molecule has 1 saturated heterocycles. The van der Waals surface area contributed by atoms with Gasteiger partial charge in [-0.05, 0) is 32.0 Å². The van der Waals surface area contributed by atoms with Crippen molar-refractivity contribution in [2.24, 2.45) is 7.05 Å². The molecule has 0 aliphatic carbocycles. The van der Waals surface area contributed by atoms with Crippen molar-refractivity contribution in [3.8, 4) is 5.75 Å². The van der Waals surface area contributed by atoms with Crippen LogP contribution in [-0.4, -0.2) is 45.1 Å². The molecule has 152 valence electrons. The van der Waals surface area contributed by atoms with Gasteiger partial charge in [0.2, 0.25) is 0 Å². The van der Waals surface area contributed by atoms with Crippen LogP contribution in [0.15, 0.2) is 41.2 Å². The zero-order chi connectivity index (χ0) is 20.4. The number of hydrogen-bond donors (Lipinski definition) is 1. The van der Waals surface area contributed by atoms with Crippen molar-refractivity contribution in [3.63, 3.8) is 0 Å². The van der Waals surface area contributed by atoms with E-state index in [9.17, 15) is 4.79 Å². The number of rotatable bonds is 5. The Hall–Kier alpha value is -3.13. The number of carbonyl (C=O) groups is 1. The standard InChI is InChI=1S/C21H25N5O3/c1-14-18(15(2)29-24-14)13-28-17-6-4-5-16(11-17)21(27)26-10-7-22-12-19(26)20-23-8-9-25(20)3/h4-6,8-9,11,19,22H,7,10,12-13H2,1-3H3. The number of carbonyl (C=O) groups excluding carboxylic acids is 1. The van der Waals surface area contributed by atoms with Gasteiger partial charge in [0.15, 0.2) is 0 Å². The van der Waals surface area contributed by atoms with E-state index in [-0.39, 0.29) is 11.9 Å². The van der Waals surface area contributed by atoms with E-state index in [2.05, 4.69) is 15.5 Å². The fourth-order valence-electron chi connectivity index (χ4n) is 3.62. The van der Waals surface area contributed by atoms with Gasteiger partial charge in [-0.15, -0.1) is 0 Å². The Labute approximate surface area is 169 Å². The Morgan fingerprint density at radius 3 is 2.97 bits per heavy atom. The van der Waals surface area contributed by atoms with Gasteiger partial charge in [-0.25, -0.2) is 4.98 Å². The molecule has 8 heteroatoms. The van der Waals surface area contributed by atoms with Crippen LogP contribution in [0.2, 0.25) is 0 Å². The van der Waals surface area contributed by atoms with Crippen LogP contribution in [0.25, 0.3) is 0 Å². The van der Waals surface area contributed by atoms with Crippen molar-refractivity contribution >= 4 is 5.91 Å². The molecule has 1 fully saturated rings. The van der Waals surface area contributed by atoms with Gasteiger partial charge in [-0.1, -0.05) is 11.2 Å². The van der Waals surface area contributed by atoms with Crippen molar-refractivity contribution in [2.45, 2.75) is 26.5 Å². The molecule has 0 spiro atoms. The third-order valence-corrected chi connectivity index (χ3v) is 5.31. The zero-order valence-electron chi connectivity index (χ0n) is 16.9. The van der Waals surface area contributed by atoms with E-state index in [1.165, 1.54) is 0 Å². The Balaban J connectivity index is 1.52. The van der Waals surface area contributed by atoms with Gasteiger partial charge in [-0.3, -0.25) is 4.79 Å². The maximum atomic E-state index is 13.3. The average Bonchev–Trinajstić information content (AvgIpc) is 3.31. The molecule has 1 aliphatic heterocycles. The number of benzene rings is 1. The Bertz CT molecular complexity index is 990. The molecule has 1 aliphatic rings. The maximum Gasteiger partial charge on any atom is 0.254 e. The molecule has 0 saturated carbocycles. The smallest absolute Gasteiger partial charge is 0.254 e. The summed E-state index contributed by atoms with van der Waals surface area (Å²) in [5.41, 5.74) is 2.34. The molecule has 1 unspecified atom stereocenters. The van der Waals surface area contributed by atoms with Gasteiger partial charge in [-0.2, -0.15) is 0 Å². The molecule has 0 bridgehead atoms.